The molecule has 2 N–H and O–H groups in total. The van der Waals surface area contributed by atoms with Crippen LogP contribution in [-0.2, 0) is 4.79 Å². The van der Waals surface area contributed by atoms with E-state index in [9.17, 15) is 9.90 Å². The first-order valence-electron chi connectivity index (χ1n) is 8.35. The van der Waals surface area contributed by atoms with E-state index < -0.39 is 0 Å². The van der Waals surface area contributed by atoms with Crippen molar-refractivity contribution in [2.24, 2.45) is 22.4 Å². The standard InChI is InChI=1S/C18H24N2O3/c1-3-23-15-10-12(7-8-14(15)21)11-19-20-17(22)16-13-6-4-5-9-18(13,16)2/h7-8,10-11,13,16,21H,3-6,9H2,1-2H3,(H,20,22)/b19-11+/t13-,16-,18+/m0/s1. The number of aromatic hydroxyl groups is 1. The first-order chi connectivity index (χ1) is 11.1. The van der Waals surface area contributed by atoms with Crippen LogP contribution in [0.4, 0.5) is 0 Å². The van der Waals surface area contributed by atoms with Crippen LogP contribution in [0.2, 0.25) is 0 Å². The molecule has 1 amide bonds. The maximum atomic E-state index is 12.3. The van der Waals surface area contributed by atoms with Gasteiger partial charge in [-0.15, -0.1) is 0 Å². The van der Waals surface area contributed by atoms with Crippen molar-refractivity contribution < 1.29 is 14.6 Å². The Hall–Kier alpha value is -2.04. The van der Waals surface area contributed by atoms with Gasteiger partial charge in [0, 0.05) is 5.92 Å². The van der Waals surface area contributed by atoms with Crippen molar-refractivity contribution in [1.82, 2.24) is 5.43 Å². The SMILES string of the molecule is CCOc1cc(/C=N/NC(=O)[C@@H]2[C@@H]3CCCC[C@@]23C)ccc1O. The highest BCUT2D eigenvalue weighted by atomic mass is 16.5. The predicted octanol–water partition coefficient (Wildman–Crippen LogP) is 3.07. The largest absolute Gasteiger partial charge is 0.504 e. The van der Waals surface area contributed by atoms with Gasteiger partial charge in [-0.3, -0.25) is 4.79 Å². The van der Waals surface area contributed by atoms with E-state index in [0.717, 1.165) is 18.4 Å². The Morgan fingerprint density at radius 1 is 1.52 bits per heavy atom. The number of carbonyl (C=O) groups excluding carboxylic acids is 1. The number of fused-ring (bicyclic) bond motifs is 1. The topological polar surface area (TPSA) is 70.9 Å². The first kappa shape index (κ1) is 15.8. The van der Waals surface area contributed by atoms with Crippen LogP contribution in [0, 0.1) is 17.3 Å². The minimum Gasteiger partial charge on any atom is -0.504 e. The molecule has 5 nitrogen and oxygen atoms in total. The molecule has 2 aliphatic rings. The predicted molar refractivity (Wildman–Crippen MR) is 88.6 cm³/mol. The van der Waals surface area contributed by atoms with E-state index >= 15 is 0 Å². The van der Waals surface area contributed by atoms with E-state index in [2.05, 4.69) is 17.5 Å². The van der Waals surface area contributed by atoms with E-state index in [0.29, 0.717) is 18.3 Å². The number of benzene rings is 1. The zero-order valence-corrected chi connectivity index (χ0v) is 13.7. The Morgan fingerprint density at radius 3 is 3.04 bits per heavy atom. The Balaban J connectivity index is 1.59. The second kappa shape index (κ2) is 6.22. The first-order valence-corrected chi connectivity index (χ1v) is 8.35. The van der Waals surface area contributed by atoms with Gasteiger partial charge in [0.15, 0.2) is 11.5 Å². The summed E-state index contributed by atoms with van der Waals surface area (Å²) in [6.07, 6.45) is 6.35. The summed E-state index contributed by atoms with van der Waals surface area (Å²) in [6.45, 7) is 4.56. The lowest BCUT2D eigenvalue weighted by atomic mass is 9.90. The number of nitrogens with one attached hydrogen (secondary N) is 1. The Morgan fingerprint density at radius 2 is 2.35 bits per heavy atom. The minimum absolute atomic E-state index is 0.0273. The van der Waals surface area contributed by atoms with Crippen molar-refractivity contribution in [3.63, 3.8) is 0 Å². The molecule has 23 heavy (non-hydrogen) atoms. The lowest BCUT2D eigenvalue weighted by Crippen LogP contribution is -2.22. The van der Waals surface area contributed by atoms with Crippen molar-refractivity contribution in [3.8, 4) is 11.5 Å². The van der Waals surface area contributed by atoms with Gasteiger partial charge in [0.25, 0.3) is 0 Å². The minimum atomic E-state index is 0.0273. The molecule has 3 rings (SSSR count). The van der Waals surface area contributed by atoms with Gasteiger partial charge in [-0.25, -0.2) is 5.43 Å². The van der Waals surface area contributed by atoms with Crippen LogP contribution in [0.1, 0.15) is 45.1 Å². The molecule has 1 aromatic carbocycles. The van der Waals surface area contributed by atoms with Crippen LogP contribution in [-0.4, -0.2) is 23.8 Å². The number of phenols is 1. The summed E-state index contributed by atoms with van der Waals surface area (Å²) in [5.74, 6) is 1.19. The fourth-order valence-electron chi connectivity index (χ4n) is 3.97. The van der Waals surface area contributed by atoms with Crippen LogP contribution < -0.4 is 10.2 Å². The number of ether oxygens (including phenoxy) is 1. The normalized spacial score (nSPS) is 29.1. The maximum absolute atomic E-state index is 12.3. The van der Waals surface area contributed by atoms with Crippen LogP contribution in [0.25, 0.3) is 0 Å². The van der Waals surface area contributed by atoms with E-state index in [1.54, 1.807) is 24.4 Å². The molecule has 0 unspecified atom stereocenters. The number of rotatable bonds is 5. The summed E-state index contributed by atoms with van der Waals surface area (Å²) in [7, 11) is 0. The molecule has 0 aromatic heterocycles. The lowest BCUT2D eigenvalue weighted by Gasteiger charge is -2.15. The van der Waals surface area contributed by atoms with Gasteiger partial charge in [0.05, 0.1) is 12.8 Å². The molecule has 2 saturated carbocycles. The smallest absolute Gasteiger partial charge is 0.244 e. The Labute approximate surface area is 136 Å². The van der Waals surface area contributed by atoms with Crippen molar-refractivity contribution in [2.75, 3.05) is 6.61 Å². The maximum Gasteiger partial charge on any atom is 0.244 e. The van der Waals surface area contributed by atoms with E-state index in [1.807, 2.05) is 6.92 Å². The fourth-order valence-corrected chi connectivity index (χ4v) is 3.97. The van der Waals surface area contributed by atoms with Gasteiger partial charge in [0.1, 0.15) is 0 Å². The third kappa shape index (κ3) is 3.05. The lowest BCUT2D eigenvalue weighted by molar-refractivity contribution is -0.123. The average molecular weight is 316 g/mol. The van der Waals surface area contributed by atoms with E-state index in [4.69, 9.17) is 4.74 Å². The molecule has 124 valence electrons. The third-order valence-corrected chi connectivity index (χ3v) is 5.29. The number of amides is 1. The van der Waals surface area contributed by atoms with Crippen molar-refractivity contribution in [3.05, 3.63) is 23.8 Å². The number of carbonyl (C=O) groups is 1. The molecule has 0 heterocycles. The summed E-state index contributed by atoms with van der Waals surface area (Å²) in [5, 5.41) is 13.7. The highest BCUT2D eigenvalue weighted by molar-refractivity contribution is 5.86. The molecular formula is C18H24N2O3. The van der Waals surface area contributed by atoms with E-state index in [1.165, 1.54) is 12.8 Å². The molecule has 1 aromatic rings. The summed E-state index contributed by atoms with van der Waals surface area (Å²) < 4.78 is 5.33. The molecular weight excluding hydrogens is 292 g/mol. The zero-order chi connectivity index (χ0) is 16.4. The van der Waals surface area contributed by atoms with Crippen LogP contribution in [0.15, 0.2) is 23.3 Å². The Bertz CT molecular complexity index is 629. The second-order valence-corrected chi connectivity index (χ2v) is 6.73. The Kier molecular flexibility index (Phi) is 4.28. The zero-order valence-electron chi connectivity index (χ0n) is 13.7. The molecule has 0 saturated heterocycles. The third-order valence-electron chi connectivity index (χ3n) is 5.29. The molecule has 3 atom stereocenters. The van der Waals surface area contributed by atoms with Gasteiger partial charge < -0.3 is 9.84 Å². The number of nitrogens with zero attached hydrogens (tertiary/aromatic N) is 1. The summed E-state index contributed by atoms with van der Waals surface area (Å²) >= 11 is 0. The van der Waals surface area contributed by atoms with E-state index in [-0.39, 0.29) is 23.0 Å². The van der Waals surface area contributed by atoms with Gasteiger partial charge in [-0.1, -0.05) is 19.8 Å². The number of hydrogen-bond acceptors (Lipinski definition) is 4. The van der Waals surface area contributed by atoms with Gasteiger partial charge in [0.2, 0.25) is 5.91 Å². The molecule has 5 heteroatoms. The van der Waals surface area contributed by atoms with Gasteiger partial charge in [-0.2, -0.15) is 5.10 Å². The quantitative estimate of drug-likeness (QED) is 0.648. The van der Waals surface area contributed by atoms with Gasteiger partial charge in [-0.05, 0) is 54.9 Å². The van der Waals surface area contributed by atoms with Crippen LogP contribution in [0.5, 0.6) is 11.5 Å². The number of hydrogen-bond donors (Lipinski definition) is 2. The monoisotopic (exact) mass is 316 g/mol. The fraction of sp³-hybridized carbons (Fsp3) is 0.556. The molecule has 0 bridgehead atoms. The van der Waals surface area contributed by atoms with Crippen molar-refractivity contribution in [2.45, 2.75) is 39.5 Å². The molecule has 0 spiro atoms. The summed E-state index contributed by atoms with van der Waals surface area (Å²) in [4.78, 5) is 12.3. The second-order valence-electron chi connectivity index (χ2n) is 6.73. The molecule has 2 aliphatic carbocycles. The highest BCUT2D eigenvalue weighted by Gasteiger charge is 2.64. The summed E-state index contributed by atoms with van der Waals surface area (Å²) in [6, 6.07) is 4.99. The highest BCUT2D eigenvalue weighted by Crippen LogP contribution is 2.66. The van der Waals surface area contributed by atoms with Crippen molar-refractivity contribution in [1.29, 1.82) is 0 Å². The van der Waals surface area contributed by atoms with Crippen molar-refractivity contribution >= 4 is 12.1 Å². The molecule has 0 radical (unpaired) electrons. The number of hydrazone groups is 1. The molecule has 0 aliphatic heterocycles. The average Bonchev–Trinajstić information content (AvgIpc) is 3.16. The van der Waals surface area contributed by atoms with Gasteiger partial charge >= 0.3 is 0 Å². The van der Waals surface area contributed by atoms with Crippen LogP contribution in [0.3, 0.4) is 0 Å². The summed E-state index contributed by atoms with van der Waals surface area (Å²) in [5.41, 5.74) is 3.63. The molecule has 2 fully saturated rings. The number of phenolic OH excluding ortho intramolecular Hbond substituents is 1. The van der Waals surface area contributed by atoms with Crippen LogP contribution >= 0.6 is 0 Å².